The first-order valence-electron chi connectivity index (χ1n) is 13.7. The van der Waals surface area contributed by atoms with Gasteiger partial charge in [-0.2, -0.15) is 0 Å². The first-order valence-corrected chi connectivity index (χ1v) is 13.7. The number of rotatable bonds is 7. The summed E-state index contributed by atoms with van der Waals surface area (Å²) in [7, 11) is 1.78. The number of anilines is 1. The summed E-state index contributed by atoms with van der Waals surface area (Å²) in [5.74, 6) is 0.0714. The number of hydrogen-bond acceptors (Lipinski definition) is 7. The van der Waals surface area contributed by atoms with Gasteiger partial charge in [-0.3, -0.25) is 19.4 Å². The highest BCUT2D eigenvalue weighted by molar-refractivity contribution is 6.00. The zero-order valence-electron chi connectivity index (χ0n) is 22.3. The standard InChI is InChI=1S/C29H36N4O6/c1-33-24-4-3-22(17-27(34)31-13-8-19-6-11-30-12-7-19)39-26(24)18-38-25-5-2-21(16-23(25)29(33)36)32-28(35)20-9-14-37-15-10-20/h2,5-7,11-12,16,20,22,24,26H,3-4,8-10,13-15,17-18H2,1H3,(H,31,34)(H,32,35)/t22-,24+,26-/m1/s1. The van der Waals surface area contributed by atoms with Crippen LogP contribution in [0.1, 0.15) is 48.0 Å². The summed E-state index contributed by atoms with van der Waals surface area (Å²) in [6.07, 6.45) is 6.68. The molecule has 2 saturated heterocycles. The van der Waals surface area contributed by atoms with E-state index in [1.807, 2.05) is 12.1 Å². The van der Waals surface area contributed by atoms with Crippen LogP contribution in [0.2, 0.25) is 0 Å². The highest BCUT2D eigenvalue weighted by atomic mass is 16.5. The summed E-state index contributed by atoms with van der Waals surface area (Å²) in [5.41, 5.74) is 2.11. The van der Waals surface area contributed by atoms with E-state index in [0.29, 0.717) is 62.4 Å². The van der Waals surface area contributed by atoms with Crippen LogP contribution in [0.15, 0.2) is 42.7 Å². The van der Waals surface area contributed by atoms with E-state index < -0.39 is 0 Å². The van der Waals surface area contributed by atoms with Crippen molar-refractivity contribution in [1.82, 2.24) is 15.2 Å². The van der Waals surface area contributed by atoms with Crippen molar-refractivity contribution in [2.24, 2.45) is 5.92 Å². The number of fused-ring (bicyclic) bond motifs is 2. The topological polar surface area (TPSA) is 119 Å². The Morgan fingerprint density at radius 2 is 1.87 bits per heavy atom. The normalized spacial score (nSPS) is 23.5. The molecule has 39 heavy (non-hydrogen) atoms. The summed E-state index contributed by atoms with van der Waals surface area (Å²) >= 11 is 0. The van der Waals surface area contributed by atoms with Crippen molar-refractivity contribution in [1.29, 1.82) is 0 Å². The van der Waals surface area contributed by atoms with Crippen molar-refractivity contribution in [2.75, 3.05) is 38.7 Å². The third kappa shape index (κ3) is 6.75. The number of benzene rings is 1. The number of carbonyl (C=O) groups excluding carboxylic acids is 3. The highest BCUT2D eigenvalue weighted by Gasteiger charge is 2.39. The third-order valence-corrected chi connectivity index (χ3v) is 7.77. The van der Waals surface area contributed by atoms with E-state index in [1.54, 1.807) is 42.5 Å². The SMILES string of the molecule is CN1C(=O)c2cc(NC(=O)C3CCOCC3)ccc2OC[C@H]2O[C@@H](CC(=O)NCCc3ccncc3)CC[C@@H]21. The Hall–Kier alpha value is -3.50. The molecule has 3 aliphatic rings. The molecule has 0 aliphatic carbocycles. The highest BCUT2D eigenvalue weighted by Crippen LogP contribution is 2.32. The van der Waals surface area contributed by atoms with Crippen LogP contribution in [0.5, 0.6) is 5.75 Å². The van der Waals surface area contributed by atoms with Gasteiger partial charge in [-0.25, -0.2) is 0 Å². The Morgan fingerprint density at radius 3 is 2.67 bits per heavy atom. The molecule has 4 heterocycles. The fourth-order valence-electron chi connectivity index (χ4n) is 5.48. The van der Waals surface area contributed by atoms with Crippen molar-refractivity contribution in [3.05, 3.63) is 53.9 Å². The molecule has 3 amide bonds. The van der Waals surface area contributed by atoms with Crippen LogP contribution in [-0.2, 0) is 25.5 Å². The lowest BCUT2D eigenvalue weighted by atomic mass is 9.94. The molecule has 1 aromatic carbocycles. The molecule has 0 radical (unpaired) electrons. The van der Waals surface area contributed by atoms with Crippen LogP contribution in [-0.4, -0.2) is 79.3 Å². The summed E-state index contributed by atoms with van der Waals surface area (Å²) in [6, 6.07) is 8.86. The van der Waals surface area contributed by atoms with Crippen molar-refractivity contribution >= 4 is 23.4 Å². The van der Waals surface area contributed by atoms with Gasteiger partial charge in [-0.1, -0.05) is 0 Å². The minimum Gasteiger partial charge on any atom is -0.490 e. The van der Waals surface area contributed by atoms with E-state index >= 15 is 0 Å². The van der Waals surface area contributed by atoms with Gasteiger partial charge in [0, 0.05) is 50.8 Å². The molecule has 10 nitrogen and oxygen atoms in total. The molecule has 208 valence electrons. The summed E-state index contributed by atoms with van der Waals surface area (Å²) < 4.78 is 17.7. The molecule has 0 spiro atoms. The monoisotopic (exact) mass is 536 g/mol. The number of ether oxygens (including phenoxy) is 3. The van der Waals surface area contributed by atoms with Gasteiger partial charge in [0.1, 0.15) is 18.5 Å². The molecule has 0 unspecified atom stereocenters. The van der Waals surface area contributed by atoms with Gasteiger partial charge in [0.2, 0.25) is 11.8 Å². The first kappa shape index (κ1) is 27.1. The van der Waals surface area contributed by atoms with E-state index in [9.17, 15) is 14.4 Å². The van der Waals surface area contributed by atoms with Gasteiger partial charge in [0.05, 0.1) is 24.1 Å². The molecule has 0 bridgehead atoms. The van der Waals surface area contributed by atoms with Gasteiger partial charge in [0.25, 0.3) is 5.91 Å². The second-order valence-electron chi connectivity index (χ2n) is 10.4. The maximum atomic E-state index is 13.5. The zero-order chi connectivity index (χ0) is 27.2. The van der Waals surface area contributed by atoms with Gasteiger partial charge in [-0.05, 0) is 68.0 Å². The molecule has 5 rings (SSSR count). The van der Waals surface area contributed by atoms with Gasteiger partial charge >= 0.3 is 0 Å². The summed E-state index contributed by atoms with van der Waals surface area (Å²) in [6.45, 7) is 1.99. The van der Waals surface area contributed by atoms with Crippen LogP contribution in [0.3, 0.4) is 0 Å². The number of pyridine rings is 1. The number of amides is 3. The van der Waals surface area contributed by atoms with E-state index in [1.165, 1.54) is 0 Å². The largest absolute Gasteiger partial charge is 0.490 e. The predicted molar refractivity (Wildman–Crippen MR) is 143 cm³/mol. The second kappa shape index (κ2) is 12.6. The number of nitrogens with zero attached hydrogens (tertiary/aromatic N) is 2. The minimum atomic E-state index is -0.344. The fourth-order valence-corrected chi connectivity index (χ4v) is 5.48. The smallest absolute Gasteiger partial charge is 0.257 e. The zero-order valence-corrected chi connectivity index (χ0v) is 22.3. The lowest BCUT2D eigenvalue weighted by molar-refractivity contribution is -0.134. The van der Waals surface area contributed by atoms with Gasteiger partial charge in [0.15, 0.2) is 0 Å². The first-order chi connectivity index (χ1) is 19.0. The van der Waals surface area contributed by atoms with E-state index in [-0.39, 0.29) is 54.9 Å². The maximum Gasteiger partial charge on any atom is 0.257 e. The van der Waals surface area contributed by atoms with Crippen LogP contribution < -0.4 is 15.4 Å². The van der Waals surface area contributed by atoms with Crippen LogP contribution >= 0.6 is 0 Å². The molecule has 3 atom stereocenters. The molecule has 2 aromatic rings. The average Bonchev–Trinajstić information content (AvgIpc) is 2.96. The second-order valence-corrected chi connectivity index (χ2v) is 10.4. The van der Waals surface area contributed by atoms with Crippen LogP contribution in [0.4, 0.5) is 5.69 Å². The number of hydrogen-bond donors (Lipinski definition) is 2. The number of aromatic nitrogens is 1. The Balaban J connectivity index is 1.17. The van der Waals surface area contributed by atoms with Crippen LogP contribution in [0.25, 0.3) is 0 Å². The Morgan fingerprint density at radius 1 is 1.08 bits per heavy atom. The Kier molecular flexibility index (Phi) is 8.73. The number of likely N-dealkylation sites (N-methyl/N-ethyl adjacent to an activating group) is 1. The molecular formula is C29H36N4O6. The lowest BCUT2D eigenvalue weighted by Crippen LogP contribution is -2.54. The summed E-state index contributed by atoms with van der Waals surface area (Å²) in [5, 5.41) is 5.92. The van der Waals surface area contributed by atoms with E-state index in [2.05, 4.69) is 15.6 Å². The molecule has 2 N–H and O–H groups in total. The maximum absolute atomic E-state index is 13.5. The van der Waals surface area contributed by atoms with Crippen molar-refractivity contribution in [3.8, 4) is 5.75 Å². The molecular weight excluding hydrogens is 500 g/mol. The van der Waals surface area contributed by atoms with E-state index in [4.69, 9.17) is 14.2 Å². The molecule has 2 fully saturated rings. The fraction of sp³-hybridized carbons (Fsp3) is 0.517. The Bertz CT molecular complexity index is 1170. The average molecular weight is 537 g/mol. The third-order valence-electron chi connectivity index (χ3n) is 7.77. The molecule has 0 saturated carbocycles. The van der Waals surface area contributed by atoms with Crippen LogP contribution in [0, 0.1) is 5.92 Å². The Labute approximate surface area is 228 Å². The van der Waals surface area contributed by atoms with Crippen molar-refractivity contribution in [3.63, 3.8) is 0 Å². The molecule has 1 aromatic heterocycles. The quantitative estimate of drug-likeness (QED) is 0.558. The van der Waals surface area contributed by atoms with E-state index in [0.717, 1.165) is 12.0 Å². The van der Waals surface area contributed by atoms with Gasteiger partial charge < -0.3 is 29.7 Å². The van der Waals surface area contributed by atoms with Crippen molar-refractivity contribution < 1.29 is 28.6 Å². The number of nitrogens with one attached hydrogen (secondary N) is 2. The van der Waals surface area contributed by atoms with Crippen molar-refractivity contribution in [2.45, 2.75) is 56.8 Å². The molecule has 10 heteroatoms. The minimum absolute atomic E-state index is 0.0515. The predicted octanol–water partition coefficient (Wildman–Crippen LogP) is 2.58. The lowest BCUT2D eigenvalue weighted by Gasteiger charge is -2.42. The van der Waals surface area contributed by atoms with Gasteiger partial charge in [-0.15, -0.1) is 0 Å². The number of carbonyl (C=O) groups is 3. The molecule has 3 aliphatic heterocycles. The summed E-state index contributed by atoms with van der Waals surface area (Å²) in [4.78, 5) is 44.4.